The molecule has 1 nitrogen and oxygen atoms in total. The summed E-state index contributed by atoms with van der Waals surface area (Å²) in [4.78, 5) is 0. The van der Waals surface area contributed by atoms with Crippen molar-refractivity contribution in [3.8, 4) is 11.1 Å². The predicted molar refractivity (Wildman–Crippen MR) is 79.4 cm³/mol. The monoisotopic (exact) mass is 301 g/mol. The van der Waals surface area contributed by atoms with Crippen molar-refractivity contribution in [3.63, 3.8) is 0 Å². The highest BCUT2D eigenvalue weighted by atomic mass is 79.9. The van der Waals surface area contributed by atoms with Gasteiger partial charge in [0, 0.05) is 17.1 Å². The molecule has 1 saturated carbocycles. The summed E-state index contributed by atoms with van der Waals surface area (Å²) in [5.74, 6) is 0. The van der Waals surface area contributed by atoms with Gasteiger partial charge in [0.25, 0.3) is 0 Å². The molecule has 0 aromatic heterocycles. The molecule has 2 aromatic rings. The summed E-state index contributed by atoms with van der Waals surface area (Å²) in [6.07, 6.45) is 2.66. The fourth-order valence-corrected chi connectivity index (χ4v) is 2.66. The van der Waals surface area contributed by atoms with Crippen LogP contribution in [0.5, 0.6) is 0 Å². The SMILES string of the molecule is Brc1ccccc1-c1ccccc1CNC1CC1. The quantitative estimate of drug-likeness (QED) is 0.884. The minimum Gasteiger partial charge on any atom is -0.310 e. The predicted octanol–water partition coefficient (Wildman–Crippen LogP) is 4.37. The van der Waals surface area contributed by atoms with E-state index >= 15 is 0 Å². The molecule has 18 heavy (non-hydrogen) atoms. The van der Waals surface area contributed by atoms with E-state index < -0.39 is 0 Å². The maximum atomic E-state index is 3.64. The zero-order valence-electron chi connectivity index (χ0n) is 10.2. The number of hydrogen-bond donors (Lipinski definition) is 1. The number of halogens is 1. The Labute approximate surface area is 116 Å². The second-order valence-corrected chi connectivity index (χ2v) is 5.65. The maximum Gasteiger partial charge on any atom is 0.0253 e. The Morgan fingerprint density at radius 1 is 0.944 bits per heavy atom. The molecule has 92 valence electrons. The molecule has 0 bridgehead atoms. The molecule has 0 aliphatic heterocycles. The van der Waals surface area contributed by atoms with Crippen LogP contribution in [0.1, 0.15) is 18.4 Å². The van der Waals surface area contributed by atoms with E-state index in [4.69, 9.17) is 0 Å². The molecule has 1 N–H and O–H groups in total. The second kappa shape index (κ2) is 5.25. The van der Waals surface area contributed by atoms with E-state index in [1.165, 1.54) is 29.5 Å². The first kappa shape index (κ1) is 11.9. The van der Waals surface area contributed by atoms with Crippen molar-refractivity contribution in [2.75, 3.05) is 0 Å². The zero-order chi connectivity index (χ0) is 12.4. The number of nitrogens with one attached hydrogen (secondary N) is 1. The highest BCUT2D eigenvalue weighted by molar-refractivity contribution is 9.10. The van der Waals surface area contributed by atoms with Crippen molar-refractivity contribution < 1.29 is 0 Å². The molecule has 0 spiro atoms. The molecule has 1 aliphatic carbocycles. The van der Waals surface area contributed by atoms with Gasteiger partial charge in [0.05, 0.1) is 0 Å². The Morgan fingerprint density at radius 3 is 2.33 bits per heavy atom. The van der Waals surface area contributed by atoms with Gasteiger partial charge in [0.15, 0.2) is 0 Å². The molecule has 0 amide bonds. The lowest BCUT2D eigenvalue weighted by Gasteiger charge is -2.11. The summed E-state index contributed by atoms with van der Waals surface area (Å²) >= 11 is 3.64. The first-order valence-electron chi connectivity index (χ1n) is 6.41. The highest BCUT2D eigenvalue weighted by Crippen LogP contribution is 2.31. The van der Waals surface area contributed by atoms with E-state index in [1.807, 2.05) is 0 Å². The van der Waals surface area contributed by atoms with Gasteiger partial charge in [-0.25, -0.2) is 0 Å². The third-order valence-corrected chi connectivity index (χ3v) is 4.03. The van der Waals surface area contributed by atoms with Crippen molar-refractivity contribution >= 4 is 15.9 Å². The molecule has 0 heterocycles. The summed E-state index contributed by atoms with van der Waals surface area (Å²) < 4.78 is 1.16. The van der Waals surface area contributed by atoms with Gasteiger partial charge in [0.1, 0.15) is 0 Å². The number of benzene rings is 2. The van der Waals surface area contributed by atoms with Gasteiger partial charge < -0.3 is 5.32 Å². The molecular weight excluding hydrogens is 286 g/mol. The molecule has 2 heteroatoms. The highest BCUT2D eigenvalue weighted by Gasteiger charge is 2.20. The van der Waals surface area contributed by atoms with Crippen LogP contribution in [0.15, 0.2) is 53.0 Å². The minimum absolute atomic E-state index is 0.747. The van der Waals surface area contributed by atoms with Gasteiger partial charge in [-0.3, -0.25) is 0 Å². The van der Waals surface area contributed by atoms with E-state index in [9.17, 15) is 0 Å². The maximum absolute atomic E-state index is 3.64. The standard InChI is InChI=1S/C16H16BrN/c17-16-8-4-3-7-15(16)14-6-2-1-5-12(14)11-18-13-9-10-13/h1-8,13,18H,9-11H2. The van der Waals surface area contributed by atoms with Gasteiger partial charge >= 0.3 is 0 Å². The molecular formula is C16H16BrN. The van der Waals surface area contributed by atoms with Crippen LogP contribution in [0.25, 0.3) is 11.1 Å². The summed E-state index contributed by atoms with van der Waals surface area (Å²) in [6, 6.07) is 17.8. The first-order valence-corrected chi connectivity index (χ1v) is 7.20. The van der Waals surface area contributed by atoms with Crippen molar-refractivity contribution in [1.82, 2.24) is 5.32 Å². The average Bonchev–Trinajstić information content (AvgIpc) is 3.22. The van der Waals surface area contributed by atoms with Crippen molar-refractivity contribution in [1.29, 1.82) is 0 Å². The summed E-state index contributed by atoms with van der Waals surface area (Å²) in [5.41, 5.74) is 3.96. The molecule has 0 radical (unpaired) electrons. The molecule has 0 unspecified atom stereocenters. The second-order valence-electron chi connectivity index (χ2n) is 4.79. The van der Waals surface area contributed by atoms with Gasteiger partial charge in [-0.15, -0.1) is 0 Å². The Bertz CT molecular complexity index is 546. The topological polar surface area (TPSA) is 12.0 Å². The first-order chi connectivity index (χ1) is 8.84. The fraction of sp³-hybridized carbons (Fsp3) is 0.250. The summed E-state index contributed by atoms with van der Waals surface area (Å²) in [6.45, 7) is 0.960. The van der Waals surface area contributed by atoms with Crippen LogP contribution in [-0.4, -0.2) is 6.04 Å². The largest absolute Gasteiger partial charge is 0.310 e. The summed E-state index contributed by atoms with van der Waals surface area (Å²) in [7, 11) is 0. The lowest BCUT2D eigenvalue weighted by Crippen LogP contribution is -2.15. The third-order valence-electron chi connectivity index (χ3n) is 3.34. The van der Waals surface area contributed by atoms with E-state index in [1.54, 1.807) is 0 Å². The zero-order valence-corrected chi connectivity index (χ0v) is 11.8. The van der Waals surface area contributed by atoms with Crippen molar-refractivity contribution in [3.05, 3.63) is 58.6 Å². The molecule has 1 fully saturated rings. The van der Waals surface area contributed by atoms with E-state index in [-0.39, 0.29) is 0 Å². The van der Waals surface area contributed by atoms with Gasteiger partial charge in [-0.05, 0) is 35.6 Å². The van der Waals surface area contributed by atoms with E-state index in [2.05, 4.69) is 69.8 Å². The lowest BCUT2D eigenvalue weighted by molar-refractivity contribution is 0.689. The van der Waals surface area contributed by atoms with Gasteiger partial charge in [-0.1, -0.05) is 58.4 Å². The minimum atomic E-state index is 0.747. The Hall–Kier alpha value is -1.12. The van der Waals surface area contributed by atoms with Crippen LogP contribution in [0.4, 0.5) is 0 Å². The number of rotatable bonds is 4. The van der Waals surface area contributed by atoms with Crippen LogP contribution in [0.3, 0.4) is 0 Å². The normalized spacial score (nSPS) is 14.7. The molecule has 0 saturated heterocycles. The Kier molecular flexibility index (Phi) is 3.48. The van der Waals surface area contributed by atoms with Crippen molar-refractivity contribution in [2.24, 2.45) is 0 Å². The van der Waals surface area contributed by atoms with Crippen LogP contribution >= 0.6 is 15.9 Å². The molecule has 0 atom stereocenters. The fourth-order valence-electron chi connectivity index (χ4n) is 2.16. The smallest absolute Gasteiger partial charge is 0.0253 e. The van der Waals surface area contributed by atoms with Crippen LogP contribution in [0.2, 0.25) is 0 Å². The summed E-state index contributed by atoms with van der Waals surface area (Å²) in [5, 5.41) is 3.59. The van der Waals surface area contributed by atoms with E-state index in [0.29, 0.717) is 0 Å². The van der Waals surface area contributed by atoms with Crippen LogP contribution in [-0.2, 0) is 6.54 Å². The van der Waals surface area contributed by atoms with Gasteiger partial charge in [0.2, 0.25) is 0 Å². The van der Waals surface area contributed by atoms with Crippen LogP contribution < -0.4 is 5.32 Å². The van der Waals surface area contributed by atoms with Crippen molar-refractivity contribution in [2.45, 2.75) is 25.4 Å². The van der Waals surface area contributed by atoms with Crippen LogP contribution in [0, 0.1) is 0 Å². The molecule has 2 aromatic carbocycles. The third kappa shape index (κ3) is 2.65. The average molecular weight is 302 g/mol. The molecule has 3 rings (SSSR count). The number of hydrogen-bond acceptors (Lipinski definition) is 1. The lowest BCUT2D eigenvalue weighted by atomic mass is 10.00. The van der Waals surface area contributed by atoms with E-state index in [0.717, 1.165) is 17.1 Å². The Balaban J connectivity index is 1.92. The Morgan fingerprint density at radius 2 is 1.61 bits per heavy atom. The molecule has 1 aliphatic rings. The van der Waals surface area contributed by atoms with Gasteiger partial charge in [-0.2, -0.15) is 0 Å².